The number of carbonyl (C=O) groups excluding carboxylic acids is 1. The van der Waals surface area contributed by atoms with Crippen LogP contribution in [0, 0.1) is 0 Å². The maximum atomic E-state index is 12.3. The number of hydrogen-bond donors (Lipinski definition) is 2. The molecule has 2 unspecified atom stereocenters. The molecule has 0 aliphatic rings. The van der Waals surface area contributed by atoms with Gasteiger partial charge in [0.2, 0.25) is 5.91 Å². The number of methoxy groups -OCH3 is 1. The molecular formula is C18H24N2O2S. The van der Waals surface area contributed by atoms with E-state index in [9.17, 15) is 4.79 Å². The predicted octanol–water partition coefficient (Wildman–Crippen LogP) is 2.88. The molecule has 0 aliphatic heterocycles. The van der Waals surface area contributed by atoms with E-state index in [0.717, 1.165) is 23.3 Å². The minimum Gasteiger partial charge on any atom is -0.383 e. The molecule has 0 saturated carbocycles. The van der Waals surface area contributed by atoms with E-state index in [-0.39, 0.29) is 18.6 Å². The summed E-state index contributed by atoms with van der Waals surface area (Å²) in [6, 6.07) is 11.6. The topological polar surface area (TPSA) is 64.4 Å². The van der Waals surface area contributed by atoms with Crippen LogP contribution in [0.15, 0.2) is 41.8 Å². The first kappa shape index (κ1) is 17.7. The van der Waals surface area contributed by atoms with E-state index >= 15 is 0 Å². The van der Waals surface area contributed by atoms with E-state index in [1.54, 1.807) is 11.3 Å². The molecule has 1 aromatic carbocycles. The van der Waals surface area contributed by atoms with Gasteiger partial charge in [-0.15, -0.1) is 11.3 Å². The van der Waals surface area contributed by atoms with Gasteiger partial charge < -0.3 is 15.8 Å². The van der Waals surface area contributed by atoms with Crippen molar-refractivity contribution in [3.8, 4) is 0 Å². The molecule has 1 aromatic heterocycles. The summed E-state index contributed by atoms with van der Waals surface area (Å²) in [5.41, 5.74) is 8.21. The number of nitrogens with one attached hydrogen (secondary N) is 1. The number of amides is 1. The second-order valence-electron chi connectivity index (χ2n) is 5.51. The molecule has 23 heavy (non-hydrogen) atoms. The Morgan fingerprint density at radius 1 is 1.30 bits per heavy atom. The van der Waals surface area contributed by atoms with Crippen molar-refractivity contribution in [3.63, 3.8) is 0 Å². The molecular weight excluding hydrogens is 308 g/mol. The van der Waals surface area contributed by atoms with Gasteiger partial charge >= 0.3 is 0 Å². The van der Waals surface area contributed by atoms with Gasteiger partial charge in [-0.25, -0.2) is 0 Å². The smallest absolute Gasteiger partial charge is 0.240 e. The SMILES string of the molecule is CCCc1ccc(C(NC(=O)C(N)COC)c2cccs2)cc1. The molecule has 4 nitrogen and oxygen atoms in total. The van der Waals surface area contributed by atoms with Crippen molar-refractivity contribution in [2.75, 3.05) is 13.7 Å². The molecule has 3 N–H and O–H groups in total. The second kappa shape index (κ2) is 8.82. The second-order valence-corrected chi connectivity index (χ2v) is 6.49. The summed E-state index contributed by atoms with van der Waals surface area (Å²) < 4.78 is 4.96. The Morgan fingerprint density at radius 2 is 2.04 bits per heavy atom. The fourth-order valence-electron chi connectivity index (χ4n) is 2.44. The fourth-order valence-corrected chi connectivity index (χ4v) is 3.25. The van der Waals surface area contributed by atoms with Gasteiger partial charge in [0.1, 0.15) is 6.04 Å². The number of rotatable bonds is 8. The van der Waals surface area contributed by atoms with Gasteiger partial charge in [0.15, 0.2) is 0 Å². The standard InChI is InChI=1S/C18H24N2O2S/c1-3-5-13-7-9-14(10-8-13)17(16-6-4-11-23-16)20-18(21)15(19)12-22-2/h4,6-11,15,17H,3,5,12,19H2,1-2H3,(H,20,21). The van der Waals surface area contributed by atoms with Crippen LogP contribution in [0.3, 0.4) is 0 Å². The molecule has 2 atom stereocenters. The van der Waals surface area contributed by atoms with Crippen LogP contribution in [0.5, 0.6) is 0 Å². The van der Waals surface area contributed by atoms with Gasteiger partial charge in [0.05, 0.1) is 12.6 Å². The van der Waals surface area contributed by atoms with Crippen LogP contribution in [0.25, 0.3) is 0 Å². The van der Waals surface area contributed by atoms with E-state index < -0.39 is 6.04 Å². The lowest BCUT2D eigenvalue weighted by Gasteiger charge is -2.20. The van der Waals surface area contributed by atoms with Crippen molar-refractivity contribution in [2.45, 2.75) is 31.8 Å². The third-order valence-corrected chi connectivity index (χ3v) is 4.59. The highest BCUT2D eigenvalue weighted by atomic mass is 32.1. The van der Waals surface area contributed by atoms with E-state index in [4.69, 9.17) is 10.5 Å². The van der Waals surface area contributed by atoms with E-state index in [1.807, 2.05) is 17.5 Å². The van der Waals surface area contributed by atoms with Gasteiger partial charge in [0.25, 0.3) is 0 Å². The molecule has 5 heteroatoms. The average Bonchev–Trinajstić information content (AvgIpc) is 3.08. The van der Waals surface area contributed by atoms with Gasteiger partial charge in [-0.2, -0.15) is 0 Å². The van der Waals surface area contributed by atoms with Crippen LogP contribution in [0.1, 0.15) is 35.4 Å². The number of nitrogens with two attached hydrogens (primary N) is 1. The number of aryl methyl sites for hydroxylation is 1. The summed E-state index contributed by atoms with van der Waals surface area (Å²) in [7, 11) is 1.54. The highest BCUT2D eigenvalue weighted by Gasteiger charge is 2.21. The molecule has 0 fully saturated rings. The Bertz CT molecular complexity index is 596. The lowest BCUT2D eigenvalue weighted by molar-refractivity contribution is -0.123. The summed E-state index contributed by atoms with van der Waals surface area (Å²) in [5, 5.41) is 5.05. The van der Waals surface area contributed by atoms with E-state index in [0.29, 0.717) is 0 Å². The van der Waals surface area contributed by atoms with Crippen LogP contribution in [0.2, 0.25) is 0 Å². The summed E-state index contributed by atoms with van der Waals surface area (Å²) >= 11 is 1.62. The minimum absolute atomic E-state index is 0.180. The number of hydrogen-bond acceptors (Lipinski definition) is 4. The Hall–Kier alpha value is -1.69. The van der Waals surface area contributed by atoms with Crippen molar-refractivity contribution in [1.82, 2.24) is 5.32 Å². The average molecular weight is 332 g/mol. The first-order chi connectivity index (χ1) is 11.2. The largest absolute Gasteiger partial charge is 0.383 e. The fraction of sp³-hybridized carbons (Fsp3) is 0.389. The lowest BCUT2D eigenvalue weighted by Crippen LogP contribution is -2.44. The van der Waals surface area contributed by atoms with Gasteiger partial charge in [0, 0.05) is 12.0 Å². The Kier molecular flexibility index (Phi) is 6.77. The molecule has 0 aliphatic carbocycles. The van der Waals surface area contributed by atoms with Crippen molar-refractivity contribution < 1.29 is 9.53 Å². The van der Waals surface area contributed by atoms with E-state index in [1.165, 1.54) is 12.7 Å². The normalized spacial score (nSPS) is 13.5. The first-order valence-electron chi connectivity index (χ1n) is 7.82. The zero-order valence-electron chi connectivity index (χ0n) is 13.6. The zero-order valence-corrected chi connectivity index (χ0v) is 14.4. The van der Waals surface area contributed by atoms with Crippen molar-refractivity contribution in [1.29, 1.82) is 0 Å². The third-order valence-electron chi connectivity index (χ3n) is 3.65. The van der Waals surface area contributed by atoms with Crippen LogP contribution in [-0.4, -0.2) is 25.7 Å². The first-order valence-corrected chi connectivity index (χ1v) is 8.70. The summed E-state index contributed by atoms with van der Waals surface area (Å²) in [4.78, 5) is 13.4. The van der Waals surface area contributed by atoms with Crippen LogP contribution in [0.4, 0.5) is 0 Å². The quantitative estimate of drug-likeness (QED) is 0.781. The zero-order chi connectivity index (χ0) is 16.7. The maximum absolute atomic E-state index is 12.3. The summed E-state index contributed by atoms with van der Waals surface area (Å²) in [6.45, 7) is 2.37. The van der Waals surface area contributed by atoms with Crippen LogP contribution < -0.4 is 11.1 Å². The Labute approximate surface area is 141 Å². The molecule has 2 aromatic rings. The highest BCUT2D eigenvalue weighted by Crippen LogP contribution is 2.26. The monoisotopic (exact) mass is 332 g/mol. The van der Waals surface area contributed by atoms with E-state index in [2.05, 4.69) is 36.5 Å². The maximum Gasteiger partial charge on any atom is 0.240 e. The molecule has 0 saturated heterocycles. The lowest BCUT2D eigenvalue weighted by atomic mass is 10.0. The molecule has 0 spiro atoms. The number of thiophene rings is 1. The Balaban J connectivity index is 2.19. The predicted molar refractivity (Wildman–Crippen MR) is 94.6 cm³/mol. The summed E-state index contributed by atoms with van der Waals surface area (Å²) in [6.07, 6.45) is 2.19. The molecule has 0 bridgehead atoms. The van der Waals surface area contributed by atoms with Gasteiger partial charge in [-0.05, 0) is 29.0 Å². The van der Waals surface area contributed by atoms with Crippen molar-refractivity contribution in [3.05, 3.63) is 57.8 Å². The van der Waals surface area contributed by atoms with Gasteiger partial charge in [-0.1, -0.05) is 43.7 Å². The third kappa shape index (κ3) is 4.89. The molecule has 0 radical (unpaired) electrons. The molecule has 2 rings (SSSR count). The van der Waals surface area contributed by atoms with Crippen molar-refractivity contribution in [2.24, 2.45) is 5.73 Å². The number of ether oxygens (including phenoxy) is 1. The van der Waals surface area contributed by atoms with Gasteiger partial charge in [-0.3, -0.25) is 4.79 Å². The number of benzene rings is 1. The highest BCUT2D eigenvalue weighted by molar-refractivity contribution is 7.10. The molecule has 1 heterocycles. The molecule has 124 valence electrons. The molecule has 1 amide bonds. The van der Waals surface area contributed by atoms with Crippen LogP contribution in [-0.2, 0) is 16.0 Å². The Morgan fingerprint density at radius 3 is 2.61 bits per heavy atom. The minimum atomic E-state index is -0.665. The summed E-state index contributed by atoms with van der Waals surface area (Å²) in [5.74, 6) is -0.206. The van der Waals surface area contributed by atoms with Crippen molar-refractivity contribution >= 4 is 17.2 Å². The van der Waals surface area contributed by atoms with Crippen LogP contribution >= 0.6 is 11.3 Å². The number of carbonyl (C=O) groups is 1.